The fourth-order valence-corrected chi connectivity index (χ4v) is 3.56. The standard InChI is InChI=1S/C25H19ClFN3O3/c1-2-15-6-12-20(13-7-15)30-24(32)21(26)22(25(30)33)28-19-5-3-4-16(14-19)23(31)29-18-10-8-17(27)9-11-18/h3-14,28H,2H2,1H3,(H,29,31). The lowest BCUT2D eigenvalue weighted by Crippen LogP contribution is -2.32. The van der Waals surface area contributed by atoms with Gasteiger partial charge in [-0.15, -0.1) is 0 Å². The predicted molar refractivity (Wildman–Crippen MR) is 126 cm³/mol. The van der Waals surface area contributed by atoms with Crippen molar-refractivity contribution in [2.45, 2.75) is 13.3 Å². The molecule has 33 heavy (non-hydrogen) atoms. The van der Waals surface area contributed by atoms with E-state index in [0.29, 0.717) is 22.6 Å². The summed E-state index contributed by atoms with van der Waals surface area (Å²) in [5.74, 6) is -2.04. The summed E-state index contributed by atoms with van der Waals surface area (Å²) in [6, 6.07) is 18.8. The molecule has 0 spiro atoms. The number of aryl methyl sites for hydroxylation is 1. The second-order valence-electron chi connectivity index (χ2n) is 7.32. The first-order valence-corrected chi connectivity index (χ1v) is 10.6. The van der Waals surface area contributed by atoms with Crippen molar-refractivity contribution in [3.8, 4) is 0 Å². The number of benzene rings is 3. The van der Waals surface area contributed by atoms with Gasteiger partial charge >= 0.3 is 0 Å². The molecular weight excluding hydrogens is 445 g/mol. The van der Waals surface area contributed by atoms with E-state index in [4.69, 9.17) is 11.6 Å². The van der Waals surface area contributed by atoms with E-state index in [1.165, 1.54) is 30.3 Å². The molecule has 166 valence electrons. The van der Waals surface area contributed by atoms with Gasteiger partial charge in [0.05, 0.1) is 5.69 Å². The Morgan fingerprint density at radius 3 is 2.30 bits per heavy atom. The predicted octanol–water partition coefficient (Wildman–Crippen LogP) is 5.08. The van der Waals surface area contributed by atoms with E-state index in [-0.39, 0.29) is 10.7 Å². The summed E-state index contributed by atoms with van der Waals surface area (Å²) in [5, 5.41) is 5.30. The van der Waals surface area contributed by atoms with Crippen molar-refractivity contribution in [2.24, 2.45) is 0 Å². The van der Waals surface area contributed by atoms with Gasteiger partial charge in [0.1, 0.15) is 16.5 Å². The lowest BCUT2D eigenvalue weighted by atomic mass is 10.1. The maximum atomic E-state index is 13.1. The first kappa shape index (κ1) is 22.2. The molecule has 3 aromatic rings. The number of hydrogen-bond donors (Lipinski definition) is 2. The van der Waals surface area contributed by atoms with Crippen molar-refractivity contribution in [3.63, 3.8) is 0 Å². The number of nitrogens with zero attached hydrogens (tertiary/aromatic N) is 1. The summed E-state index contributed by atoms with van der Waals surface area (Å²) in [6.45, 7) is 2.01. The summed E-state index contributed by atoms with van der Waals surface area (Å²) in [7, 11) is 0. The summed E-state index contributed by atoms with van der Waals surface area (Å²) in [6.07, 6.45) is 0.832. The number of hydrogen-bond acceptors (Lipinski definition) is 4. The second-order valence-corrected chi connectivity index (χ2v) is 7.70. The quantitative estimate of drug-likeness (QED) is 0.500. The van der Waals surface area contributed by atoms with E-state index >= 15 is 0 Å². The molecule has 0 bridgehead atoms. The summed E-state index contributed by atoms with van der Waals surface area (Å²) < 4.78 is 13.1. The monoisotopic (exact) mass is 463 g/mol. The Morgan fingerprint density at radius 2 is 1.64 bits per heavy atom. The Hall–Kier alpha value is -3.97. The van der Waals surface area contributed by atoms with Crippen LogP contribution in [0.3, 0.4) is 0 Å². The molecule has 8 heteroatoms. The van der Waals surface area contributed by atoms with Crippen LogP contribution in [-0.2, 0) is 16.0 Å². The Kier molecular flexibility index (Phi) is 6.24. The molecule has 3 amide bonds. The van der Waals surface area contributed by atoms with Crippen LogP contribution in [0.2, 0.25) is 0 Å². The molecule has 0 aromatic heterocycles. The van der Waals surface area contributed by atoms with Crippen molar-refractivity contribution in [2.75, 3.05) is 15.5 Å². The highest BCUT2D eigenvalue weighted by Gasteiger charge is 2.38. The lowest BCUT2D eigenvalue weighted by molar-refractivity contribution is -0.120. The zero-order valence-corrected chi connectivity index (χ0v) is 18.3. The highest BCUT2D eigenvalue weighted by molar-refractivity contribution is 6.53. The van der Waals surface area contributed by atoms with Gasteiger partial charge in [-0.3, -0.25) is 14.4 Å². The largest absolute Gasteiger partial charge is 0.350 e. The van der Waals surface area contributed by atoms with Gasteiger partial charge in [0.25, 0.3) is 17.7 Å². The van der Waals surface area contributed by atoms with Crippen molar-refractivity contribution >= 4 is 46.4 Å². The van der Waals surface area contributed by atoms with E-state index in [1.807, 2.05) is 19.1 Å². The first-order chi connectivity index (χ1) is 15.9. The van der Waals surface area contributed by atoms with Crippen LogP contribution < -0.4 is 15.5 Å². The Morgan fingerprint density at radius 1 is 0.939 bits per heavy atom. The third kappa shape index (κ3) is 4.63. The van der Waals surface area contributed by atoms with Gasteiger partial charge in [-0.05, 0) is 66.6 Å². The van der Waals surface area contributed by atoms with Crippen molar-refractivity contribution in [3.05, 3.63) is 100 Å². The van der Waals surface area contributed by atoms with Gasteiger partial charge in [-0.1, -0.05) is 36.7 Å². The van der Waals surface area contributed by atoms with Gasteiger partial charge in [-0.25, -0.2) is 9.29 Å². The zero-order chi connectivity index (χ0) is 23.5. The molecule has 0 saturated heterocycles. The topological polar surface area (TPSA) is 78.5 Å². The maximum Gasteiger partial charge on any atom is 0.283 e. The van der Waals surface area contributed by atoms with Crippen molar-refractivity contribution in [1.29, 1.82) is 0 Å². The third-order valence-corrected chi connectivity index (χ3v) is 5.48. The molecule has 1 aliphatic rings. The molecule has 2 N–H and O–H groups in total. The molecular formula is C25H19ClFN3O3. The molecule has 0 saturated carbocycles. The SMILES string of the molecule is CCc1ccc(N2C(=O)C(Cl)=C(Nc3cccc(C(=O)Nc4ccc(F)cc4)c3)C2=O)cc1. The number of carbonyl (C=O) groups is 3. The van der Waals surface area contributed by atoms with Gasteiger partial charge in [-0.2, -0.15) is 0 Å². The summed E-state index contributed by atoms with van der Waals surface area (Å²) in [5.41, 5.74) is 2.56. The van der Waals surface area contributed by atoms with Crippen LogP contribution in [0.5, 0.6) is 0 Å². The highest BCUT2D eigenvalue weighted by atomic mass is 35.5. The minimum Gasteiger partial charge on any atom is -0.350 e. The number of imide groups is 1. The fraction of sp³-hybridized carbons (Fsp3) is 0.0800. The molecule has 1 aliphatic heterocycles. The fourth-order valence-electron chi connectivity index (χ4n) is 3.35. The molecule has 3 aromatic carbocycles. The van der Waals surface area contributed by atoms with Crippen LogP contribution >= 0.6 is 11.6 Å². The second kappa shape index (κ2) is 9.26. The molecule has 4 rings (SSSR count). The van der Waals surface area contributed by atoms with Crippen LogP contribution in [0, 0.1) is 5.82 Å². The van der Waals surface area contributed by atoms with E-state index in [2.05, 4.69) is 10.6 Å². The summed E-state index contributed by atoms with van der Waals surface area (Å²) in [4.78, 5) is 39.2. The van der Waals surface area contributed by atoms with E-state index in [0.717, 1.165) is 16.9 Å². The summed E-state index contributed by atoms with van der Waals surface area (Å²) >= 11 is 6.19. The number of anilines is 3. The van der Waals surface area contributed by atoms with Gasteiger partial charge < -0.3 is 10.6 Å². The van der Waals surface area contributed by atoms with Crippen LogP contribution in [0.15, 0.2) is 83.5 Å². The Balaban J connectivity index is 1.52. The molecule has 6 nitrogen and oxygen atoms in total. The van der Waals surface area contributed by atoms with E-state index in [1.54, 1.807) is 30.3 Å². The van der Waals surface area contributed by atoms with Crippen LogP contribution in [0.1, 0.15) is 22.8 Å². The van der Waals surface area contributed by atoms with E-state index < -0.39 is 23.5 Å². The van der Waals surface area contributed by atoms with Crippen LogP contribution in [-0.4, -0.2) is 17.7 Å². The minimum atomic E-state index is -0.626. The average molecular weight is 464 g/mol. The molecule has 0 atom stereocenters. The first-order valence-electron chi connectivity index (χ1n) is 10.2. The molecule has 0 radical (unpaired) electrons. The molecule has 1 heterocycles. The number of halogens is 2. The number of rotatable bonds is 6. The Bertz CT molecular complexity index is 1270. The van der Waals surface area contributed by atoms with Crippen molar-refractivity contribution in [1.82, 2.24) is 0 Å². The normalized spacial score (nSPS) is 13.5. The number of amides is 3. The maximum absolute atomic E-state index is 13.1. The van der Waals surface area contributed by atoms with E-state index in [9.17, 15) is 18.8 Å². The zero-order valence-electron chi connectivity index (χ0n) is 17.6. The molecule has 0 fully saturated rings. The van der Waals surface area contributed by atoms with Crippen LogP contribution in [0.25, 0.3) is 0 Å². The smallest absolute Gasteiger partial charge is 0.283 e. The Labute approximate surface area is 194 Å². The van der Waals surface area contributed by atoms with Crippen molar-refractivity contribution < 1.29 is 18.8 Å². The van der Waals surface area contributed by atoms with Gasteiger partial charge in [0.2, 0.25) is 0 Å². The van der Waals surface area contributed by atoms with Gasteiger partial charge in [0.15, 0.2) is 0 Å². The number of carbonyl (C=O) groups excluding carboxylic acids is 3. The minimum absolute atomic E-state index is 0.0719. The molecule has 0 unspecified atom stereocenters. The van der Waals surface area contributed by atoms with Crippen LogP contribution in [0.4, 0.5) is 21.5 Å². The average Bonchev–Trinajstić information content (AvgIpc) is 3.04. The third-order valence-electron chi connectivity index (χ3n) is 5.13. The lowest BCUT2D eigenvalue weighted by Gasteiger charge is -2.15. The van der Waals surface area contributed by atoms with Gasteiger partial charge in [0, 0.05) is 16.9 Å². The highest BCUT2D eigenvalue weighted by Crippen LogP contribution is 2.30. The molecule has 0 aliphatic carbocycles. The number of nitrogens with one attached hydrogen (secondary N) is 2.